The second-order valence-electron chi connectivity index (χ2n) is 6.55. The number of aliphatic hydroxyl groups is 1. The van der Waals surface area contributed by atoms with E-state index in [1.807, 2.05) is 44.3 Å². The maximum Gasteiger partial charge on any atom is 0.313 e. The average Bonchev–Trinajstić information content (AvgIpc) is 3.01. The molecule has 0 spiro atoms. The summed E-state index contributed by atoms with van der Waals surface area (Å²) in [6.07, 6.45) is 0.0823. The molecular weight excluding hydrogens is 330 g/mol. The molecule has 26 heavy (non-hydrogen) atoms. The zero-order valence-corrected chi connectivity index (χ0v) is 15.0. The van der Waals surface area contributed by atoms with Crippen LogP contribution in [0.1, 0.15) is 22.8 Å². The summed E-state index contributed by atoms with van der Waals surface area (Å²) in [5.41, 5.74) is 4.56. The van der Waals surface area contributed by atoms with Gasteiger partial charge in [-0.1, -0.05) is 30.3 Å². The lowest BCUT2D eigenvalue weighted by Crippen LogP contribution is -2.37. The minimum atomic E-state index is -0.860. The number of carbonyl (C=O) groups excluding carboxylic acids is 2. The molecule has 1 atom stereocenters. The van der Waals surface area contributed by atoms with Gasteiger partial charge in [0.05, 0.1) is 6.10 Å². The number of benzene rings is 2. The number of amides is 2. The highest BCUT2D eigenvalue weighted by molar-refractivity contribution is 6.39. The Labute approximate surface area is 152 Å². The van der Waals surface area contributed by atoms with E-state index in [1.165, 1.54) is 11.3 Å². The molecule has 0 fully saturated rings. The fourth-order valence-electron chi connectivity index (χ4n) is 3.07. The van der Waals surface area contributed by atoms with Crippen molar-refractivity contribution >= 4 is 23.2 Å². The summed E-state index contributed by atoms with van der Waals surface area (Å²) in [6, 6.07) is 13.0. The third kappa shape index (κ3) is 3.86. The van der Waals surface area contributed by atoms with Gasteiger partial charge in [-0.25, -0.2) is 0 Å². The summed E-state index contributed by atoms with van der Waals surface area (Å²) in [5, 5.41) is 15.4. The Balaban J connectivity index is 1.56. The van der Waals surface area contributed by atoms with Crippen molar-refractivity contribution in [1.82, 2.24) is 5.32 Å². The van der Waals surface area contributed by atoms with Crippen molar-refractivity contribution in [3.05, 3.63) is 59.2 Å². The second kappa shape index (κ2) is 7.58. The molecule has 0 aliphatic carbocycles. The van der Waals surface area contributed by atoms with Gasteiger partial charge in [0.25, 0.3) is 0 Å². The number of hydrogen-bond acceptors (Lipinski definition) is 4. The number of aliphatic hydroxyl groups excluding tert-OH is 1. The molecule has 2 amide bonds. The van der Waals surface area contributed by atoms with Gasteiger partial charge in [-0.05, 0) is 42.2 Å². The zero-order valence-electron chi connectivity index (χ0n) is 15.0. The molecule has 1 unspecified atom stereocenters. The smallest absolute Gasteiger partial charge is 0.313 e. The molecule has 0 bridgehead atoms. The van der Waals surface area contributed by atoms with Gasteiger partial charge >= 0.3 is 11.8 Å². The Bertz CT molecular complexity index is 835. The Morgan fingerprint density at radius 2 is 1.96 bits per heavy atom. The molecule has 136 valence electrons. The average molecular weight is 353 g/mol. The molecule has 0 aromatic heterocycles. The van der Waals surface area contributed by atoms with E-state index in [0.29, 0.717) is 5.69 Å². The molecule has 0 saturated carbocycles. The lowest BCUT2D eigenvalue weighted by molar-refractivity contribution is -0.136. The first-order chi connectivity index (χ1) is 12.5. The van der Waals surface area contributed by atoms with Crippen LogP contribution in [-0.4, -0.2) is 37.1 Å². The van der Waals surface area contributed by atoms with Gasteiger partial charge in [-0.2, -0.15) is 0 Å². The first-order valence-electron chi connectivity index (χ1n) is 8.62. The predicted molar refractivity (Wildman–Crippen MR) is 101 cm³/mol. The van der Waals surface area contributed by atoms with E-state index in [4.69, 9.17) is 0 Å². The number of fused-ring (bicyclic) bond motifs is 1. The first-order valence-corrected chi connectivity index (χ1v) is 8.62. The number of likely N-dealkylation sites (N-methyl/N-ethyl adjacent to an activating group) is 1. The number of nitrogens with zero attached hydrogens (tertiary/aromatic N) is 1. The number of anilines is 2. The highest BCUT2D eigenvalue weighted by Crippen LogP contribution is 2.29. The minimum absolute atomic E-state index is 0.0192. The van der Waals surface area contributed by atoms with Crippen molar-refractivity contribution < 1.29 is 14.7 Å². The van der Waals surface area contributed by atoms with Crippen LogP contribution < -0.4 is 15.5 Å². The molecule has 2 aromatic rings. The van der Waals surface area contributed by atoms with Gasteiger partial charge in [0, 0.05) is 31.5 Å². The predicted octanol–water partition coefficient (Wildman–Crippen LogP) is 1.78. The third-order valence-electron chi connectivity index (χ3n) is 4.67. The fourth-order valence-corrected chi connectivity index (χ4v) is 3.07. The monoisotopic (exact) mass is 353 g/mol. The van der Waals surface area contributed by atoms with Gasteiger partial charge in [-0.3, -0.25) is 9.59 Å². The largest absolute Gasteiger partial charge is 0.387 e. The Morgan fingerprint density at radius 1 is 1.19 bits per heavy atom. The zero-order chi connectivity index (χ0) is 18.7. The highest BCUT2D eigenvalue weighted by Gasteiger charge is 2.19. The summed E-state index contributed by atoms with van der Waals surface area (Å²) in [7, 11) is 2.04. The first kappa shape index (κ1) is 17.9. The molecule has 0 radical (unpaired) electrons. The SMILES string of the molecule is Cc1ccccc1NC(=O)C(=O)NCC(O)c1ccc2c(c1)CCN2C. The van der Waals surface area contributed by atoms with Gasteiger partial charge in [0.15, 0.2) is 0 Å². The van der Waals surface area contributed by atoms with Crippen LogP contribution in [0.5, 0.6) is 0 Å². The van der Waals surface area contributed by atoms with E-state index in [9.17, 15) is 14.7 Å². The van der Waals surface area contributed by atoms with Gasteiger partial charge in [0.2, 0.25) is 0 Å². The van der Waals surface area contributed by atoms with Crippen LogP contribution in [0.3, 0.4) is 0 Å². The van der Waals surface area contributed by atoms with Crippen molar-refractivity contribution in [2.75, 3.05) is 30.4 Å². The Hall–Kier alpha value is -2.86. The number of aryl methyl sites for hydroxylation is 1. The van der Waals surface area contributed by atoms with Crippen LogP contribution in [0.15, 0.2) is 42.5 Å². The van der Waals surface area contributed by atoms with Crippen molar-refractivity contribution in [3.8, 4) is 0 Å². The fraction of sp³-hybridized carbons (Fsp3) is 0.300. The van der Waals surface area contributed by atoms with Crippen molar-refractivity contribution in [2.45, 2.75) is 19.4 Å². The van der Waals surface area contributed by atoms with Gasteiger partial charge < -0.3 is 20.6 Å². The maximum absolute atomic E-state index is 12.0. The molecule has 1 aliphatic rings. The van der Waals surface area contributed by atoms with Crippen LogP contribution in [0.25, 0.3) is 0 Å². The van der Waals surface area contributed by atoms with Crippen LogP contribution in [0.4, 0.5) is 11.4 Å². The molecule has 6 nitrogen and oxygen atoms in total. The van der Waals surface area contributed by atoms with Crippen molar-refractivity contribution in [1.29, 1.82) is 0 Å². The lowest BCUT2D eigenvalue weighted by atomic mass is 10.0. The van der Waals surface area contributed by atoms with E-state index in [2.05, 4.69) is 15.5 Å². The molecule has 1 aliphatic heterocycles. The molecule has 6 heteroatoms. The van der Waals surface area contributed by atoms with E-state index in [1.54, 1.807) is 12.1 Å². The normalized spacial score (nSPS) is 13.9. The number of rotatable bonds is 4. The summed E-state index contributed by atoms with van der Waals surface area (Å²) >= 11 is 0. The van der Waals surface area contributed by atoms with Crippen molar-refractivity contribution in [2.24, 2.45) is 0 Å². The number of carbonyl (C=O) groups is 2. The van der Waals surface area contributed by atoms with Crippen LogP contribution in [0, 0.1) is 6.92 Å². The van der Waals surface area contributed by atoms with Gasteiger partial charge in [-0.15, -0.1) is 0 Å². The topological polar surface area (TPSA) is 81.7 Å². The summed E-state index contributed by atoms with van der Waals surface area (Å²) in [4.78, 5) is 26.1. The standard InChI is InChI=1S/C20H23N3O3/c1-13-5-3-4-6-16(13)22-20(26)19(25)21-12-18(24)15-7-8-17-14(11-15)9-10-23(17)2/h3-8,11,18,24H,9-10,12H2,1-2H3,(H,21,25)(H,22,26). The van der Waals surface area contributed by atoms with Crippen molar-refractivity contribution in [3.63, 3.8) is 0 Å². The lowest BCUT2D eigenvalue weighted by Gasteiger charge is -2.15. The van der Waals surface area contributed by atoms with E-state index in [-0.39, 0.29) is 6.54 Å². The Morgan fingerprint density at radius 3 is 2.73 bits per heavy atom. The molecule has 1 heterocycles. The van der Waals surface area contributed by atoms with Crippen LogP contribution in [0.2, 0.25) is 0 Å². The molecular formula is C20H23N3O3. The van der Waals surface area contributed by atoms with E-state index >= 15 is 0 Å². The number of nitrogens with one attached hydrogen (secondary N) is 2. The summed E-state index contributed by atoms with van der Waals surface area (Å²) in [5.74, 6) is -1.52. The van der Waals surface area contributed by atoms with Gasteiger partial charge in [0.1, 0.15) is 0 Å². The van der Waals surface area contributed by atoms with E-state index in [0.717, 1.165) is 24.1 Å². The summed E-state index contributed by atoms with van der Waals surface area (Å²) in [6.45, 7) is 2.79. The molecule has 3 N–H and O–H groups in total. The maximum atomic E-state index is 12.0. The highest BCUT2D eigenvalue weighted by atomic mass is 16.3. The Kier molecular flexibility index (Phi) is 5.23. The second-order valence-corrected chi connectivity index (χ2v) is 6.55. The van der Waals surface area contributed by atoms with Crippen LogP contribution in [-0.2, 0) is 16.0 Å². The molecule has 0 saturated heterocycles. The molecule has 3 rings (SSSR count). The number of para-hydroxylation sites is 1. The number of hydrogen-bond donors (Lipinski definition) is 3. The van der Waals surface area contributed by atoms with E-state index < -0.39 is 17.9 Å². The third-order valence-corrected chi connectivity index (χ3v) is 4.67. The van der Waals surface area contributed by atoms with Crippen LogP contribution >= 0.6 is 0 Å². The quantitative estimate of drug-likeness (QED) is 0.732. The minimum Gasteiger partial charge on any atom is -0.387 e. The summed E-state index contributed by atoms with van der Waals surface area (Å²) < 4.78 is 0. The molecule has 2 aromatic carbocycles.